The number of imidazole rings is 1. The fraction of sp³-hybridized carbons (Fsp3) is 0.562. The number of rotatable bonds is 7. The van der Waals surface area contributed by atoms with E-state index in [0.717, 1.165) is 29.0 Å². The predicted octanol–water partition coefficient (Wildman–Crippen LogP) is 4.54. The number of fused-ring (bicyclic) bond motifs is 1. The van der Waals surface area contributed by atoms with Crippen LogP contribution in [0.25, 0.3) is 11.0 Å². The minimum atomic E-state index is 0.363. The second-order valence-corrected chi connectivity index (χ2v) is 5.49. The summed E-state index contributed by atoms with van der Waals surface area (Å²) < 4.78 is 13.0. The first kappa shape index (κ1) is 16.0. The van der Waals surface area contributed by atoms with Gasteiger partial charge in [0.15, 0.2) is 11.5 Å². The van der Waals surface area contributed by atoms with E-state index >= 15 is 0 Å². The molecule has 2 aromatic rings. The Morgan fingerprint density at radius 3 is 2.48 bits per heavy atom. The van der Waals surface area contributed by atoms with Gasteiger partial charge in [0.2, 0.25) is 0 Å². The third kappa shape index (κ3) is 3.10. The average molecular weight is 311 g/mol. The molecule has 1 aromatic carbocycles. The Labute approximate surface area is 131 Å². The molecule has 0 amide bonds. The van der Waals surface area contributed by atoms with Crippen LogP contribution in [0.4, 0.5) is 0 Å². The van der Waals surface area contributed by atoms with Crippen LogP contribution in [0.3, 0.4) is 0 Å². The Bertz CT molecular complexity index is 610. The molecule has 2 rings (SSSR count). The molecule has 0 aliphatic heterocycles. The number of unbranched alkanes of at least 4 members (excludes halogenated alkanes) is 1. The van der Waals surface area contributed by atoms with E-state index in [1.165, 1.54) is 12.8 Å². The minimum Gasteiger partial charge on any atom is -0.493 e. The van der Waals surface area contributed by atoms with Gasteiger partial charge < -0.3 is 14.0 Å². The summed E-state index contributed by atoms with van der Waals surface area (Å²) in [5.74, 6) is 2.70. The zero-order valence-corrected chi connectivity index (χ0v) is 13.9. The fourth-order valence-corrected chi connectivity index (χ4v) is 2.88. The van der Waals surface area contributed by atoms with Crippen molar-refractivity contribution in [2.24, 2.45) is 0 Å². The molecule has 0 aliphatic carbocycles. The molecule has 0 fully saturated rings. The van der Waals surface area contributed by atoms with Crippen molar-refractivity contribution in [3.8, 4) is 11.5 Å². The van der Waals surface area contributed by atoms with E-state index in [-0.39, 0.29) is 0 Å². The maximum atomic E-state index is 6.08. The van der Waals surface area contributed by atoms with E-state index in [2.05, 4.69) is 23.4 Å². The van der Waals surface area contributed by atoms with E-state index in [4.69, 9.17) is 21.1 Å². The Kier molecular flexibility index (Phi) is 5.34. The largest absolute Gasteiger partial charge is 0.493 e. The first-order valence-electron chi connectivity index (χ1n) is 7.35. The van der Waals surface area contributed by atoms with Crippen molar-refractivity contribution < 1.29 is 9.47 Å². The smallest absolute Gasteiger partial charge is 0.163 e. The lowest BCUT2D eigenvalue weighted by atomic mass is 10.1. The summed E-state index contributed by atoms with van der Waals surface area (Å²) in [6.07, 6.45) is 3.49. The van der Waals surface area contributed by atoms with Gasteiger partial charge in [0.25, 0.3) is 0 Å². The maximum Gasteiger partial charge on any atom is 0.163 e. The molecular weight excluding hydrogens is 288 g/mol. The van der Waals surface area contributed by atoms with Crippen molar-refractivity contribution in [1.29, 1.82) is 0 Å². The molecule has 1 atom stereocenters. The number of halogens is 1. The van der Waals surface area contributed by atoms with Gasteiger partial charge in [-0.05, 0) is 13.3 Å². The monoisotopic (exact) mass is 310 g/mol. The van der Waals surface area contributed by atoms with Crippen molar-refractivity contribution in [3.63, 3.8) is 0 Å². The number of alkyl halides is 1. The highest BCUT2D eigenvalue weighted by Crippen LogP contribution is 2.34. The normalized spacial score (nSPS) is 12.6. The lowest BCUT2D eigenvalue weighted by molar-refractivity contribution is 0.355. The van der Waals surface area contributed by atoms with Crippen molar-refractivity contribution >= 4 is 22.6 Å². The lowest BCUT2D eigenvalue weighted by Gasteiger charge is -2.17. The van der Waals surface area contributed by atoms with Crippen LogP contribution < -0.4 is 9.47 Å². The molecule has 4 nitrogen and oxygen atoms in total. The molecule has 0 saturated heterocycles. The van der Waals surface area contributed by atoms with Crippen molar-refractivity contribution in [1.82, 2.24) is 9.55 Å². The highest BCUT2D eigenvalue weighted by Gasteiger charge is 2.18. The third-order valence-electron chi connectivity index (χ3n) is 3.80. The summed E-state index contributed by atoms with van der Waals surface area (Å²) in [6, 6.07) is 4.26. The summed E-state index contributed by atoms with van der Waals surface area (Å²) in [5, 5.41) is 0. The van der Waals surface area contributed by atoms with E-state index in [0.29, 0.717) is 17.7 Å². The number of ether oxygens (including phenoxy) is 2. The average Bonchev–Trinajstić information content (AvgIpc) is 2.88. The van der Waals surface area contributed by atoms with Gasteiger partial charge in [0.1, 0.15) is 5.82 Å². The summed E-state index contributed by atoms with van der Waals surface area (Å²) >= 11 is 6.08. The van der Waals surface area contributed by atoms with Crippen LogP contribution in [-0.4, -0.2) is 23.8 Å². The van der Waals surface area contributed by atoms with Gasteiger partial charge in [-0.25, -0.2) is 4.98 Å². The quantitative estimate of drug-likeness (QED) is 0.704. The molecule has 1 heterocycles. The van der Waals surface area contributed by atoms with Crippen LogP contribution in [-0.2, 0) is 5.88 Å². The van der Waals surface area contributed by atoms with Gasteiger partial charge in [-0.3, -0.25) is 0 Å². The molecular formula is C16H23ClN2O2. The summed E-state index contributed by atoms with van der Waals surface area (Å²) in [4.78, 5) is 4.64. The van der Waals surface area contributed by atoms with Crippen molar-refractivity contribution in [2.45, 2.75) is 45.0 Å². The van der Waals surface area contributed by atoms with Crippen LogP contribution >= 0.6 is 11.6 Å². The molecule has 21 heavy (non-hydrogen) atoms. The van der Waals surface area contributed by atoms with Crippen LogP contribution in [0.15, 0.2) is 12.1 Å². The highest BCUT2D eigenvalue weighted by atomic mass is 35.5. The highest BCUT2D eigenvalue weighted by molar-refractivity contribution is 6.16. The third-order valence-corrected chi connectivity index (χ3v) is 4.04. The zero-order valence-electron chi connectivity index (χ0n) is 13.1. The van der Waals surface area contributed by atoms with Gasteiger partial charge >= 0.3 is 0 Å². The Balaban J connectivity index is 2.56. The molecule has 1 unspecified atom stereocenters. The second-order valence-electron chi connectivity index (χ2n) is 5.22. The number of aromatic nitrogens is 2. The predicted molar refractivity (Wildman–Crippen MR) is 86.6 cm³/mol. The van der Waals surface area contributed by atoms with Gasteiger partial charge in [-0.15, -0.1) is 11.6 Å². The number of methoxy groups -OCH3 is 2. The summed E-state index contributed by atoms with van der Waals surface area (Å²) in [7, 11) is 3.28. The molecule has 0 bridgehead atoms. The molecule has 0 aliphatic rings. The fourth-order valence-electron chi connectivity index (χ4n) is 2.69. The van der Waals surface area contributed by atoms with Crippen LogP contribution in [0.2, 0.25) is 0 Å². The Hall–Kier alpha value is -1.42. The molecule has 0 radical (unpaired) electrons. The van der Waals surface area contributed by atoms with Gasteiger partial charge in [0, 0.05) is 18.2 Å². The standard InChI is InChI=1S/C16H23ClN2O2/c1-5-6-7-11(2)19-13-9-15(21-4)14(20-3)8-12(13)18-16(19)10-17/h8-9,11H,5-7,10H2,1-4H3. The molecule has 116 valence electrons. The maximum absolute atomic E-state index is 6.08. The lowest BCUT2D eigenvalue weighted by Crippen LogP contribution is -2.08. The molecule has 0 saturated carbocycles. The topological polar surface area (TPSA) is 36.3 Å². The van der Waals surface area contributed by atoms with E-state index in [9.17, 15) is 0 Å². The molecule has 5 heteroatoms. The van der Waals surface area contributed by atoms with Crippen LogP contribution in [0.1, 0.15) is 45.0 Å². The van der Waals surface area contributed by atoms with Crippen LogP contribution in [0, 0.1) is 0 Å². The van der Waals surface area contributed by atoms with Crippen LogP contribution in [0.5, 0.6) is 11.5 Å². The SMILES string of the molecule is CCCCC(C)n1c(CCl)nc2cc(OC)c(OC)cc21. The second kappa shape index (κ2) is 7.03. The van der Waals surface area contributed by atoms with E-state index < -0.39 is 0 Å². The number of hydrogen-bond acceptors (Lipinski definition) is 3. The number of nitrogens with zero attached hydrogens (tertiary/aromatic N) is 2. The first-order valence-corrected chi connectivity index (χ1v) is 7.88. The minimum absolute atomic E-state index is 0.363. The summed E-state index contributed by atoms with van der Waals surface area (Å²) in [6.45, 7) is 4.42. The Morgan fingerprint density at radius 1 is 1.24 bits per heavy atom. The molecule has 0 spiro atoms. The van der Waals surface area contributed by atoms with Crippen molar-refractivity contribution in [3.05, 3.63) is 18.0 Å². The van der Waals surface area contributed by atoms with Gasteiger partial charge in [-0.2, -0.15) is 0 Å². The van der Waals surface area contributed by atoms with Crippen molar-refractivity contribution in [2.75, 3.05) is 14.2 Å². The number of benzene rings is 1. The zero-order chi connectivity index (χ0) is 15.4. The van der Waals surface area contributed by atoms with E-state index in [1.807, 2.05) is 12.1 Å². The Morgan fingerprint density at radius 2 is 1.90 bits per heavy atom. The first-order chi connectivity index (χ1) is 10.2. The number of hydrogen-bond donors (Lipinski definition) is 0. The molecule has 1 aromatic heterocycles. The molecule has 0 N–H and O–H groups in total. The van der Waals surface area contributed by atoms with E-state index in [1.54, 1.807) is 14.2 Å². The summed E-state index contributed by atoms with van der Waals surface area (Å²) in [5.41, 5.74) is 1.94. The van der Waals surface area contributed by atoms with Gasteiger partial charge in [0.05, 0.1) is 31.1 Å². The van der Waals surface area contributed by atoms with Gasteiger partial charge in [-0.1, -0.05) is 19.8 Å².